The molecule has 2 aliphatic heterocycles. The maximum absolute atomic E-state index is 12.9. The van der Waals surface area contributed by atoms with Crippen molar-refractivity contribution in [2.75, 3.05) is 6.54 Å². The summed E-state index contributed by atoms with van der Waals surface area (Å²) in [6, 6.07) is 7.91. The molecule has 0 spiro atoms. The van der Waals surface area contributed by atoms with Crippen molar-refractivity contribution in [2.24, 2.45) is 5.41 Å². The van der Waals surface area contributed by atoms with Gasteiger partial charge in [0.15, 0.2) is 11.9 Å². The van der Waals surface area contributed by atoms with Crippen LogP contribution in [-0.2, 0) is 4.79 Å². The Hall–Kier alpha value is -2.04. The van der Waals surface area contributed by atoms with Crippen LogP contribution in [0.2, 0.25) is 5.02 Å². The lowest BCUT2D eigenvalue weighted by molar-refractivity contribution is -0.122. The molecule has 4 nitrogen and oxygen atoms in total. The summed E-state index contributed by atoms with van der Waals surface area (Å²) in [7, 11) is 0. The molecule has 0 fully saturated rings. The number of halogens is 1. The molecular weight excluding hydrogens is 346 g/mol. The number of benzene rings is 1. The maximum Gasteiger partial charge on any atom is 0.189 e. The molecule has 0 aromatic heterocycles. The van der Waals surface area contributed by atoms with Crippen LogP contribution >= 0.6 is 11.6 Å². The van der Waals surface area contributed by atoms with Crippen LogP contribution in [-0.4, -0.2) is 29.4 Å². The summed E-state index contributed by atoms with van der Waals surface area (Å²) in [6.07, 6.45) is 7.46. The van der Waals surface area contributed by atoms with Crippen LogP contribution in [0, 0.1) is 5.41 Å². The molecule has 138 valence electrons. The predicted octanol–water partition coefficient (Wildman–Crippen LogP) is 3.92. The van der Waals surface area contributed by atoms with E-state index in [-0.39, 0.29) is 17.2 Å². The first-order chi connectivity index (χ1) is 12.3. The van der Waals surface area contributed by atoms with E-state index in [0.29, 0.717) is 11.6 Å². The maximum atomic E-state index is 12.9. The fraction of sp³-hybridized carbons (Fsp3) is 0.381. The van der Waals surface area contributed by atoms with E-state index in [1.807, 2.05) is 53.6 Å². The number of Topliss-reactive ketones (excluding diaryl/α,β-unsaturated/α-hetero) is 1. The molecule has 0 aliphatic carbocycles. The average molecular weight is 372 g/mol. The molecule has 1 aromatic carbocycles. The number of nitrogens with zero attached hydrogens (tertiary/aromatic N) is 1. The molecule has 2 heterocycles. The Morgan fingerprint density at radius 1 is 1.35 bits per heavy atom. The fourth-order valence-electron chi connectivity index (χ4n) is 2.94. The molecule has 26 heavy (non-hydrogen) atoms. The van der Waals surface area contributed by atoms with Gasteiger partial charge >= 0.3 is 0 Å². The van der Waals surface area contributed by atoms with Gasteiger partial charge in [0.25, 0.3) is 0 Å². The lowest BCUT2D eigenvalue weighted by Gasteiger charge is -2.29. The minimum Gasteiger partial charge on any atom is -0.357 e. The number of carbonyl (C=O) groups excluding carboxylic acids is 1. The van der Waals surface area contributed by atoms with Crippen LogP contribution in [0.5, 0.6) is 0 Å². The minimum atomic E-state index is -0.417. The van der Waals surface area contributed by atoms with Gasteiger partial charge in [-0.2, -0.15) is 0 Å². The second kappa shape index (κ2) is 7.29. The summed E-state index contributed by atoms with van der Waals surface area (Å²) < 4.78 is 0. The molecule has 2 atom stereocenters. The first-order valence-corrected chi connectivity index (χ1v) is 9.31. The van der Waals surface area contributed by atoms with Crippen molar-refractivity contribution in [3.05, 3.63) is 65.0 Å². The van der Waals surface area contributed by atoms with E-state index < -0.39 is 6.17 Å². The Morgan fingerprint density at radius 2 is 2.12 bits per heavy atom. The Morgan fingerprint density at radius 3 is 2.81 bits per heavy atom. The van der Waals surface area contributed by atoms with Crippen molar-refractivity contribution in [1.82, 2.24) is 15.5 Å². The second-order valence-electron chi connectivity index (χ2n) is 7.86. The van der Waals surface area contributed by atoms with Crippen molar-refractivity contribution >= 4 is 23.1 Å². The number of hydrogen-bond acceptors (Lipinski definition) is 4. The monoisotopic (exact) mass is 371 g/mol. The number of allylic oxidation sites excluding steroid dienone is 3. The summed E-state index contributed by atoms with van der Waals surface area (Å²) in [6.45, 7) is 8.92. The molecule has 0 saturated carbocycles. The molecule has 2 aliphatic rings. The van der Waals surface area contributed by atoms with Gasteiger partial charge < -0.3 is 15.5 Å². The van der Waals surface area contributed by atoms with Crippen LogP contribution in [0.3, 0.4) is 0 Å². The molecule has 0 bridgehead atoms. The highest BCUT2D eigenvalue weighted by Crippen LogP contribution is 2.32. The van der Waals surface area contributed by atoms with Gasteiger partial charge in [0.1, 0.15) is 0 Å². The van der Waals surface area contributed by atoms with E-state index in [4.69, 9.17) is 11.6 Å². The van der Waals surface area contributed by atoms with Crippen molar-refractivity contribution < 1.29 is 4.79 Å². The third-order valence-electron chi connectivity index (χ3n) is 5.01. The number of hydrogen-bond donors (Lipinski definition) is 2. The highest BCUT2D eigenvalue weighted by atomic mass is 35.5. The number of rotatable bonds is 5. The van der Waals surface area contributed by atoms with Gasteiger partial charge in [-0.3, -0.25) is 4.79 Å². The summed E-state index contributed by atoms with van der Waals surface area (Å²) in [5, 5.41) is 7.43. The molecule has 2 N–H and O–H groups in total. The van der Waals surface area contributed by atoms with Crippen LogP contribution in [0.4, 0.5) is 0 Å². The van der Waals surface area contributed by atoms with Crippen molar-refractivity contribution in [3.63, 3.8) is 0 Å². The Kier molecular flexibility index (Phi) is 5.26. The molecule has 5 heteroatoms. The standard InChI is InChI=1S/C21H26ClN3O/c1-14(21(2,3)4)23-13-18(26)20-24-19(15-8-7-9-16(22)12-15)17-10-5-6-11-25(17)20/h5-12,14,20,23-24H,13H2,1-4H3/t14-,20?/m1/s1. The van der Waals surface area contributed by atoms with E-state index in [0.717, 1.165) is 17.0 Å². The lowest BCUT2D eigenvalue weighted by Crippen LogP contribution is -2.48. The first-order valence-electron chi connectivity index (χ1n) is 8.93. The SMILES string of the molecule is C[C@@H](NCC(=O)C1NC(c2cccc(Cl)c2)=C2C=CC=CN21)C(C)(C)C. The molecule has 3 rings (SSSR count). The lowest BCUT2D eigenvalue weighted by atomic mass is 9.88. The number of nitrogens with one attached hydrogen (secondary N) is 2. The van der Waals surface area contributed by atoms with Crippen molar-refractivity contribution in [3.8, 4) is 0 Å². The normalized spacial score (nSPS) is 20.2. The van der Waals surface area contributed by atoms with Gasteiger partial charge in [-0.1, -0.05) is 50.6 Å². The van der Waals surface area contributed by atoms with E-state index in [9.17, 15) is 4.79 Å². The predicted molar refractivity (Wildman–Crippen MR) is 107 cm³/mol. The minimum absolute atomic E-state index is 0.104. The molecule has 0 saturated heterocycles. The second-order valence-corrected chi connectivity index (χ2v) is 8.30. The van der Waals surface area contributed by atoms with E-state index >= 15 is 0 Å². The first kappa shape index (κ1) is 18.7. The van der Waals surface area contributed by atoms with Crippen LogP contribution in [0.15, 0.2) is 54.4 Å². The van der Waals surface area contributed by atoms with Gasteiger partial charge in [-0.05, 0) is 36.6 Å². The van der Waals surface area contributed by atoms with Crippen LogP contribution in [0.1, 0.15) is 33.3 Å². The zero-order valence-electron chi connectivity index (χ0n) is 15.7. The van der Waals surface area contributed by atoms with E-state index in [2.05, 4.69) is 38.3 Å². The largest absolute Gasteiger partial charge is 0.357 e. The van der Waals surface area contributed by atoms with Crippen molar-refractivity contribution in [1.29, 1.82) is 0 Å². The Labute approximate surface area is 160 Å². The zero-order valence-corrected chi connectivity index (χ0v) is 16.5. The molecule has 0 amide bonds. The van der Waals surface area contributed by atoms with Crippen LogP contribution in [0.25, 0.3) is 5.70 Å². The summed E-state index contributed by atoms with van der Waals surface area (Å²) in [4.78, 5) is 14.9. The summed E-state index contributed by atoms with van der Waals surface area (Å²) in [5.41, 5.74) is 2.99. The fourth-order valence-corrected chi connectivity index (χ4v) is 3.13. The highest BCUT2D eigenvalue weighted by molar-refractivity contribution is 6.30. The third-order valence-corrected chi connectivity index (χ3v) is 5.24. The van der Waals surface area contributed by atoms with Gasteiger partial charge in [-0.25, -0.2) is 0 Å². The molecule has 0 radical (unpaired) electrons. The smallest absolute Gasteiger partial charge is 0.189 e. The number of fused-ring (bicyclic) bond motifs is 1. The van der Waals surface area contributed by atoms with Crippen LogP contribution < -0.4 is 10.6 Å². The third kappa shape index (κ3) is 3.87. The zero-order chi connectivity index (χ0) is 18.9. The topological polar surface area (TPSA) is 44.4 Å². The highest BCUT2D eigenvalue weighted by Gasteiger charge is 2.35. The van der Waals surface area contributed by atoms with Gasteiger partial charge in [0.2, 0.25) is 0 Å². The molecule has 1 aromatic rings. The van der Waals surface area contributed by atoms with E-state index in [1.165, 1.54) is 0 Å². The van der Waals surface area contributed by atoms with Gasteiger partial charge in [-0.15, -0.1) is 0 Å². The van der Waals surface area contributed by atoms with Gasteiger partial charge in [0.05, 0.1) is 17.9 Å². The average Bonchev–Trinajstić information content (AvgIpc) is 2.98. The Bertz CT molecular complexity index is 789. The number of carbonyl (C=O) groups is 1. The Balaban J connectivity index is 1.78. The van der Waals surface area contributed by atoms with Gasteiger partial charge in [0, 0.05) is 22.8 Å². The molecule has 1 unspecified atom stereocenters. The van der Waals surface area contributed by atoms with Crippen molar-refractivity contribution in [2.45, 2.75) is 39.9 Å². The molecular formula is C21H26ClN3O. The summed E-state index contributed by atoms with van der Waals surface area (Å²) in [5.74, 6) is 0.107. The quantitative estimate of drug-likeness (QED) is 0.823. The summed E-state index contributed by atoms with van der Waals surface area (Å²) >= 11 is 6.15. The number of ketones is 1. The van der Waals surface area contributed by atoms with E-state index in [1.54, 1.807) is 0 Å².